The van der Waals surface area contributed by atoms with Crippen LogP contribution < -0.4 is 10.9 Å². The van der Waals surface area contributed by atoms with Gasteiger partial charge < -0.3 is 14.5 Å². The summed E-state index contributed by atoms with van der Waals surface area (Å²) < 4.78 is 3.46. The zero-order valence-electron chi connectivity index (χ0n) is 13.7. The summed E-state index contributed by atoms with van der Waals surface area (Å²) in [4.78, 5) is 25.0. The molecule has 5 nitrogen and oxygen atoms in total. The molecule has 1 N–H and O–H groups in total. The van der Waals surface area contributed by atoms with E-state index in [9.17, 15) is 9.59 Å². The number of fused-ring (bicyclic) bond motifs is 3. The minimum Gasteiger partial charge on any atom is -0.351 e. The van der Waals surface area contributed by atoms with Gasteiger partial charge >= 0.3 is 0 Å². The van der Waals surface area contributed by atoms with Crippen LogP contribution in [0.5, 0.6) is 0 Å². The lowest BCUT2D eigenvalue weighted by Crippen LogP contribution is -2.26. The lowest BCUT2D eigenvalue weighted by molar-refractivity contribution is 0.0945. The Bertz CT molecular complexity index is 950. The Morgan fingerprint density at radius 2 is 1.87 bits per heavy atom. The van der Waals surface area contributed by atoms with Gasteiger partial charge in [0, 0.05) is 26.0 Å². The van der Waals surface area contributed by atoms with E-state index in [2.05, 4.69) is 12.2 Å². The molecule has 1 amide bonds. The number of nitrogens with zero attached hydrogens (tertiary/aromatic N) is 2. The summed E-state index contributed by atoms with van der Waals surface area (Å²) in [5.74, 6) is -0.136. The van der Waals surface area contributed by atoms with Gasteiger partial charge in [0.25, 0.3) is 11.5 Å². The second kappa shape index (κ2) is 5.91. The van der Waals surface area contributed by atoms with Crippen LogP contribution >= 0.6 is 0 Å². The fourth-order valence-electron chi connectivity index (χ4n) is 3.04. The van der Waals surface area contributed by atoms with Gasteiger partial charge in [0.2, 0.25) is 0 Å². The maximum atomic E-state index is 12.6. The van der Waals surface area contributed by atoms with E-state index in [1.165, 1.54) is 0 Å². The molecule has 1 aromatic carbocycles. The number of pyridine rings is 1. The molecular weight excluding hydrogens is 290 g/mol. The number of hydrogen-bond donors (Lipinski definition) is 1. The van der Waals surface area contributed by atoms with Gasteiger partial charge in [0.15, 0.2) is 0 Å². The Morgan fingerprint density at radius 3 is 2.61 bits per heavy atom. The highest BCUT2D eigenvalue weighted by molar-refractivity contribution is 6.08. The van der Waals surface area contributed by atoms with Gasteiger partial charge in [0.05, 0.1) is 16.4 Å². The van der Waals surface area contributed by atoms with Crippen LogP contribution in [0.15, 0.2) is 35.1 Å². The van der Waals surface area contributed by atoms with Gasteiger partial charge in [-0.2, -0.15) is 0 Å². The van der Waals surface area contributed by atoms with Crippen molar-refractivity contribution < 1.29 is 4.79 Å². The highest BCUT2D eigenvalue weighted by atomic mass is 16.2. The minimum atomic E-state index is -0.136. The first kappa shape index (κ1) is 15.3. The molecule has 3 aromatic rings. The summed E-state index contributed by atoms with van der Waals surface area (Å²) in [6, 6.07) is 9.46. The van der Waals surface area contributed by atoms with Crippen molar-refractivity contribution in [3.8, 4) is 0 Å². The third-order valence-electron chi connectivity index (χ3n) is 4.34. The number of benzene rings is 1. The average Bonchev–Trinajstić information content (AvgIpc) is 2.90. The predicted octanol–water partition coefficient (Wildman–Crippen LogP) is 2.56. The van der Waals surface area contributed by atoms with Gasteiger partial charge in [-0.25, -0.2) is 0 Å². The Kier molecular flexibility index (Phi) is 3.94. The van der Waals surface area contributed by atoms with Crippen molar-refractivity contribution >= 4 is 27.7 Å². The Balaban J connectivity index is 2.22. The molecule has 0 aliphatic carbocycles. The first-order valence-corrected chi connectivity index (χ1v) is 7.91. The third-order valence-corrected chi connectivity index (χ3v) is 4.34. The van der Waals surface area contributed by atoms with E-state index in [1.807, 2.05) is 35.9 Å². The fraction of sp³-hybridized carbons (Fsp3) is 0.333. The van der Waals surface area contributed by atoms with Crippen LogP contribution in [-0.2, 0) is 14.1 Å². The molecule has 0 fully saturated rings. The molecule has 0 radical (unpaired) electrons. The highest BCUT2D eigenvalue weighted by Crippen LogP contribution is 2.24. The van der Waals surface area contributed by atoms with Crippen molar-refractivity contribution in [1.29, 1.82) is 0 Å². The van der Waals surface area contributed by atoms with Gasteiger partial charge in [-0.1, -0.05) is 31.5 Å². The topological polar surface area (TPSA) is 56.0 Å². The predicted molar refractivity (Wildman–Crippen MR) is 92.9 cm³/mol. The van der Waals surface area contributed by atoms with E-state index >= 15 is 0 Å². The molecule has 0 unspecified atom stereocenters. The molecule has 0 spiro atoms. The van der Waals surface area contributed by atoms with Crippen LogP contribution in [0.2, 0.25) is 0 Å². The van der Waals surface area contributed by atoms with Crippen LogP contribution in [-0.4, -0.2) is 21.6 Å². The summed E-state index contributed by atoms with van der Waals surface area (Å²) in [7, 11) is 3.60. The fourth-order valence-corrected chi connectivity index (χ4v) is 3.04. The highest BCUT2D eigenvalue weighted by Gasteiger charge is 2.18. The summed E-state index contributed by atoms with van der Waals surface area (Å²) in [6.45, 7) is 2.73. The Labute approximate surface area is 134 Å². The Morgan fingerprint density at radius 1 is 1.13 bits per heavy atom. The molecule has 3 rings (SSSR count). The smallest absolute Gasteiger partial charge is 0.267 e. The number of hydrogen-bond acceptors (Lipinski definition) is 2. The van der Waals surface area contributed by atoms with Crippen LogP contribution in [0.1, 0.15) is 30.3 Å². The quantitative estimate of drug-likeness (QED) is 0.753. The number of unbranched alkanes of at least 4 members (excludes halogenated alkanes) is 1. The molecule has 23 heavy (non-hydrogen) atoms. The molecule has 5 heteroatoms. The molecule has 0 saturated heterocycles. The van der Waals surface area contributed by atoms with Crippen molar-refractivity contribution in [3.05, 3.63) is 46.4 Å². The minimum absolute atomic E-state index is 0.0816. The molecule has 0 bridgehead atoms. The molecule has 2 heterocycles. The molecule has 0 aliphatic heterocycles. The van der Waals surface area contributed by atoms with Crippen molar-refractivity contribution in [2.75, 3.05) is 6.54 Å². The van der Waals surface area contributed by atoms with Gasteiger partial charge in [0.1, 0.15) is 5.69 Å². The van der Waals surface area contributed by atoms with Gasteiger partial charge in [-0.05, 0) is 18.6 Å². The normalized spacial score (nSPS) is 11.3. The standard InChI is InChI=1S/C18H21N3O2/c1-4-5-10-19-17(22)15-11-13-16(20(15)2)12-8-6-7-9-14(12)21(3)18(13)23/h6-9,11H,4-5,10H2,1-3H3,(H,19,22). The van der Waals surface area contributed by atoms with E-state index in [0.29, 0.717) is 17.6 Å². The number of aromatic nitrogens is 2. The summed E-state index contributed by atoms with van der Waals surface area (Å²) >= 11 is 0. The molecule has 0 atom stereocenters. The monoisotopic (exact) mass is 311 g/mol. The molecular formula is C18H21N3O2. The molecule has 120 valence electrons. The molecule has 0 saturated carbocycles. The zero-order valence-corrected chi connectivity index (χ0v) is 13.7. The lowest BCUT2D eigenvalue weighted by atomic mass is 10.1. The lowest BCUT2D eigenvalue weighted by Gasteiger charge is -2.09. The molecule has 0 aliphatic rings. The van der Waals surface area contributed by atoms with E-state index in [-0.39, 0.29) is 11.5 Å². The summed E-state index contributed by atoms with van der Waals surface area (Å²) in [6.07, 6.45) is 1.97. The SMILES string of the molecule is CCCCNC(=O)c1cc2c(=O)n(C)c3ccccc3c2n1C. The van der Waals surface area contributed by atoms with Gasteiger partial charge in [-0.3, -0.25) is 9.59 Å². The van der Waals surface area contributed by atoms with Crippen LogP contribution in [0.4, 0.5) is 0 Å². The average molecular weight is 311 g/mol. The summed E-state index contributed by atoms with van der Waals surface area (Å²) in [5, 5.41) is 4.47. The number of carbonyl (C=O) groups is 1. The Hall–Kier alpha value is -2.56. The van der Waals surface area contributed by atoms with Crippen molar-refractivity contribution in [1.82, 2.24) is 14.5 Å². The first-order chi connectivity index (χ1) is 11.1. The number of para-hydroxylation sites is 1. The third kappa shape index (κ3) is 2.42. The zero-order chi connectivity index (χ0) is 16.6. The van der Waals surface area contributed by atoms with E-state index in [0.717, 1.165) is 29.3 Å². The summed E-state index contributed by atoms with van der Waals surface area (Å²) in [5.41, 5.74) is 2.11. The number of amides is 1. The number of nitrogens with one attached hydrogen (secondary N) is 1. The van der Waals surface area contributed by atoms with E-state index < -0.39 is 0 Å². The first-order valence-electron chi connectivity index (χ1n) is 7.91. The second-order valence-electron chi connectivity index (χ2n) is 5.84. The van der Waals surface area contributed by atoms with E-state index in [1.54, 1.807) is 17.7 Å². The van der Waals surface area contributed by atoms with Crippen LogP contribution in [0.3, 0.4) is 0 Å². The van der Waals surface area contributed by atoms with Crippen molar-refractivity contribution in [2.24, 2.45) is 14.1 Å². The maximum Gasteiger partial charge on any atom is 0.267 e. The van der Waals surface area contributed by atoms with E-state index in [4.69, 9.17) is 0 Å². The second-order valence-corrected chi connectivity index (χ2v) is 5.84. The van der Waals surface area contributed by atoms with Crippen LogP contribution in [0.25, 0.3) is 21.8 Å². The van der Waals surface area contributed by atoms with Crippen LogP contribution in [0, 0.1) is 0 Å². The number of carbonyl (C=O) groups excluding carboxylic acids is 1. The number of rotatable bonds is 4. The molecule has 2 aromatic heterocycles. The van der Waals surface area contributed by atoms with Crippen molar-refractivity contribution in [3.63, 3.8) is 0 Å². The maximum absolute atomic E-state index is 12.6. The number of aryl methyl sites for hydroxylation is 2. The van der Waals surface area contributed by atoms with Crippen molar-refractivity contribution in [2.45, 2.75) is 19.8 Å². The largest absolute Gasteiger partial charge is 0.351 e. The van der Waals surface area contributed by atoms with Gasteiger partial charge in [-0.15, -0.1) is 0 Å².